The highest BCUT2D eigenvalue weighted by Gasteiger charge is 2.05. The normalized spacial score (nSPS) is 9.00. The van der Waals surface area contributed by atoms with Crippen LogP contribution in [-0.4, -0.2) is 27.3 Å². The van der Waals surface area contributed by atoms with E-state index in [0.717, 1.165) is 0 Å². The van der Waals surface area contributed by atoms with Gasteiger partial charge in [0.2, 0.25) is 0 Å². The molecule has 0 N–H and O–H groups in total. The van der Waals surface area contributed by atoms with Gasteiger partial charge in [-0.25, -0.2) is 14.4 Å². The van der Waals surface area contributed by atoms with Gasteiger partial charge < -0.3 is 0 Å². The number of hydrogen-bond donors (Lipinski definition) is 0. The van der Waals surface area contributed by atoms with Gasteiger partial charge in [0.15, 0.2) is 28.3 Å². The molecule has 60 valence electrons. The fraction of sp³-hybridized carbons (Fsp3) is 0.333. The van der Waals surface area contributed by atoms with Gasteiger partial charge >= 0.3 is 0 Å². The molecule has 1 heterocycles. The Balaban J connectivity index is 0.000001000. The summed E-state index contributed by atoms with van der Waals surface area (Å²) in [4.78, 5) is 7.15. The standard InChI is InChI=1S/C6H6ClFN2.Al.3H/c1-2-4-5(8)6(7)10-3-9-4;;;;/h3H,2H2,1H3;;;;. The van der Waals surface area contributed by atoms with E-state index in [0.29, 0.717) is 12.1 Å². The molecule has 0 aromatic carbocycles. The predicted octanol–water partition coefficient (Wildman–Crippen LogP) is 0.648. The van der Waals surface area contributed by atoms with Crippen molar-refractivity contribution >= 4 is 29.0 Å². The third kappa shape index (κ3) is 2.41. The van der Waals surface area contributed by atoms with Crippen molar-refractivity contribution in [2.75, 3.05) is 0 Å². The Morgan fingerprint density at radius 1 is 1.55 bits per heavy atom. The van der Waals surface area contributed by atoms with Crippen molar-refractivity contribution in [2.24, 2.45) is 0 Å². The minimum atomic E-state index is -0.508. The Bertz CT molecular complexity index is 244. The second-order valence-corrected chi connectivity index (χ2v) is 2.14. The smallest absolute Gasteiger partial charge is 0.187 e. The molecule has 0 saturated carbocycles. The molecule has 1 aromatic heterocycles. The highest BCUT2D eigenvalue weighted by Crippen LogP contribution is 2.12. The molecule has 0 saturated heterocycles. The molecule has 1 aromatic rings. The van der Waals surface area contributed by atoms with Gasteiger partial charge in [-0.1, -0.05) is 18.5 Å². The second kappa shape index (κ2) is 4.66. The summed E-state index contributed by atoms with van der Waals surface area (Å²) in [6.07, 6.45) is 1.79. The number of rotatable bonds is 1. The van der Waals surface area contributed by atoms with Gasteiger partial charge in [0, 0.05) is 0 Å². The molecule has 0 amide bonds. The molecule has 0 aliphatic rings. The first kappa shape index (κ1) is 10.8. The number of halogens is 2. The van der Waals surface area contributed by atoms with E-state index in [-0.39, 0.29) is 22.5 Å². The van der Waals surface area contributed by atoms with Crippen LogP contribution in [0.2, 0.25) is 5.15 Å². The van der Waals surface area contributed by atoms with Crippen LogP contribution in [0.25, 0.3) is 0 Å². The van der Waals surface area contributed by atoms with Gasteiger partial charge in [-0.3, -0.25) is 0 Å². The summed E-state index contributed by atoms with van der Waals surface area (Å²) in [5.74, 6) is -0.508. The van der Waals surface area contributed by atoms with E-state index in [1.807, 2.05) is 6.92 Å². The number of hydrogen-bond acceptors (Lipinski definition) is 2. The fourth-order valence-corrected chi connectivity index (χ4v) is 0.781. The fourth-order valence-electron chi connectivity index (χ4n) is 0.628. The molecule has 5 heteroatoms. The Kier molecular flexibility index (Phi) is 4.59. The van der Waals surface area contributed by atoms with E-state index >= 15 is 0 Å². The molecule has 0 atom stereocenters. The van der Waals surface area contributed by atoms with E-state index in [2.05, 4.69) is 9.97 Å². The lowest BCUT2D eigenvalue weighted by Gasteiger charge is -1.96. The first-order chi connectivity index (χ1) is 4.75. The Labute approximate surface area is 79.9 Å². The van der Waals surface area contributed by atoms with E-state index < -0.39 is 5.82 Å². The zero-order valence-electron chi connectivity index (χ0n) is 5.43. The summed E-state index contributed by atoms with van der Waals surface area (Å²) in [7, 11) is 0. The van der Waals surface area contributed by atoms with Crippen molar-refractivity contribution in [2.45, 2.75) is 13.3 Å². The van der Waals surface area contributed by atoms with Crippen molar-refractivity contribution < 1.29 is 4.39 Å². The van der Waals surface area contributed by atoms with Gasteiger partial charge in [-0.05, 0) is 6.42 Å². The Morgan fingerprint density at radius 2 is 2.18 bits per heavy atom. The van der Waals surface area contributed by atoms with Crippen LogP contribution in [0, 0.1) is 5.82 Å². The molecular weight excluding hydrogens is 182 g/mol. The minimum Gasteiger partial charge on any atom is -0.238 e. The second-order valence-electron chi connectivity index (χ2n) is 1.78. The maximum Gasteiger partial charge on any atom is 0.187 e. The molecule has 0 radical (unpaired) electrons. The van der Waals surface area contributed by atoms with Gasteiger partial charge in [0.1, 0.15) is 6.33 Å². The van der Waals surface area contributed by atoms with Crippen LogP contribution in [0.1, 0.15) is 12.6 Å². The maximum absolute atomic E-state index is 12.7. The zero-order valence-corrected chi connectivity index (χ0v) is 6.19. The highest BCUT2D eigenvalue weighted by molar-refractivity contribution is 6.29. The summed E-state index contributed by atoms with van der Waals surface area (Å²) in [5.41, 5.74) is 0.361. The summed E-state index contributed by atoms with van der Waals surface area (Å²) in [6.45, 7) is 1.81. The van der Waals surface area contributed by atoms with E-state index in [4.69, 9.17) is 11.6 Å². The Hall–Kier alpha value is -0.168. The average molecular weight is 191 g/mol. The van der Waals surface area contributed by atoms with Gasteiger partial charge in [0.05, 0.1) is 5.69 Å². The predicted molar refractivity (Wildman–Crippen MR) is 46.3 cm³/mol. The van der Waals surface area contributed by atoms with Crippen molar-refractivity contribution in [3.8, 4) is 0 Å². The molecule has 0 fully saturated rings. The molecule has 11 heavy (non-hydrogen) atoms. The van der Waals surface area contributed by atoms with Crippen LogP contribution >= 0.6 is 11.6 Å². The first-order valence-corrected chi connectivity index (χ1v) is 3.28. The van der Waals surface area contributed by atoms with Crippen molar-refractivity contribution in [3.05, 3.63) is 23.0 Å². The van der Waals surface area contributed by atoms with Crippen LogP contribution in [-0.2, 0) is 6.42 Å². The molecule has 0 aliphatic heterocycles. The van der Waals surface area contributed by atoms with E-state index in [1.54, 1.807) is 0 Å². The van der Waals surface area contributed by atoms with Crippen LogP contribution in [0.5, 0.6) is 0 Å². The lowest BCUT2D eigenvalue weighted by Crippen LogP contribution is -1.94. The van der Waals surface area contributed by atoms with Crippen LogP contribution in [0.3, 0.4) is 0 Å². The topological polar surface area (TPSA) is 25.8 Å². The maximum atomic E-state index is 12.7. The third-order valence-electron chi connectivity index (χ3n) is 1.15. The van der Waals surface area contributed by atoms with E-state index in [1.165, 1.54) is 6.33 Å². The largest absolute Gasteiger partial charge is 0.238 e. The summed E-state index contributed by atoms with van der Waals surface area (Å²) < 4.78 is 12.7. The summed E-state index contributed by atoms with van der Waals surface area (Å²) in [5, 5.41) is -0.105. The third-order valence-corrected chi connectivity index (χ3v) is 1.42. The highest BCUT2D eigenvalue weighted by atomic mass is 35.5. The number of aromatic nitrogens is 2. The van der Waals surface area contributed by atoms with Crippen molar-refractivity contribution in [3.63, 3.8) is 0 Å². The molecule has 0 unspecified atom stereocenters. The van der Waals surface area contributed by atoms with Crippen LogP contribution in [0.15, 0.2) is 6.33 Å². The molecule has 0 aliphatic carbocycles. The minimum absolute atomic E-state index is 0. The lowest BCUT2D eigenvalue weighted by atomic mass is 10.3. The zero-order chi connectivity index (χ0) is 7.56. The number of aryl methyl sites for hydroxylation is 1. The van der Waals surface area contributed by atoms with Crippen LogP contribution < -0.4 is 0 Å². The lowest BCUT2D eigenvalue weighted by molar-refractivity contribution is 0.594. The molecule has 1 rings (SSSR count). The monoisotopic (exact) mass is 190 g/mol. The first-order valence-electron chi connectivity index (χ1n) is 2.90. The van der Waals surface area contributed by atoms with Gasteiger partial charge in [-0.15, -0.1) is 0 Å². The van der Waals surface area contributed by atoms with Crippen LogP contribution in [0.4, 0.5) is 4.39 Å². The average Bonchev–Trinajstić information content (AvgIpc) is 1.95. The molecular formula is C6H9AlClFN2. The van der Waals surface area contributed by atoms with Crippen molar-refractivity contribution in [1.82, 2.24) is 9.97 Å². The summed E-state index contributed by atoms with van der Waals surface area (Å²) in [6, 6.07) is 0. The number of nitrogens with zero attached hydrogens (tertiary/aromatic N) is 2. The molecule has 0 bridgehead atoms. The molecule has 2 nitrogen and oxygen atoms in total. The SMILES string of the molecule is CCc1ncnc(Cl)c1F.[AlH3]. The van der Waals surface area contributed by atoms with Crippen molar-refractivity contribution in [1.29, 1.82) is 0 Å². The quantitative estimate of drug-likeness (QED) is 0.480. The van der Waals surface area contributed by atoms with E-state index in [9.17, 15) is 4.39 Å². The summed E-state index contributed by atoms with van der Waals surface area (Å²) >= 11 is 5.37. The van der Waals surface area contributed by atoms with Gasteiger partial charge in [-0.2, -0.15) is 0 Å². The molecule has 0 spiro atoms. The van der Waals surface area contributed by atoms with Gasteiger partial charge in [0.25, 0.3) is 0 Å². The Morgan fingerprint density at radius 3 is 2.64 bits per heavy atom.